The van der Waals surface area contributed by atoms with Gasteiger partial charge in [0, 0.05) is 43.8 Å². The molecule has 3 aromatic rings. The average molecular weight is 321 g/mol. The molecule has 124 valence electrons. The van der Waals surface area contributed by atoms with E-state index >= 15 is 0 Å². The molecule has 0 aliphatic carbocycles. The number of imidazole rings is 1. The Morgan fingerprint density at radius 3 is 2.83 bits per heavy atom. The highest BCUT2D eigenvalue weighted by Crippen LogP contribution is 2.25. The van der Waals surface area contributed by atoms with Gasteiger partial charge in [0.15, 0.2) is 0 Å². The monoisotopic (exact) mass is 321 g/mol. The van der Waals surface area contributed by atoms with Gasteiger partial charge in [0.25, 0.3) is 0 Å². The molecule has 3 aromatic heterocycles. The van der Waals surface area contributed by atoms with Gasteiger partial charge in [0.05, 0.1) is 11.4 Å². The molecule has 4 rings (SSSR count). The van der Waals surface area contributed by atoms with Crippen LogP contribution in [-0.4, -0.2) is 45.4 Å². The molecule has 1 saturated heterocycles. The number of pyridine rings is 2. The van der Waals surface area contributed by atoms with Crippen LogP contribution in [0.15, 0.2) is 42.9 Å². The van der Waals surface area contributed by atoms with Crippen molar-refractivity contribution in [3.63, 3.8) is 0 Å². The van der Waals surface area contributed by atoms with Gasteiger partial charge in [0.2, 0.25) is 0 Å². The Morgan fingerprint density at radius 1 is 1.08 bits per heavy atom. The second-order valence-electron chi connectivity index (χ2n) is 6.46. The normalized spacial score (nSPS) is 16.4. The molecule has 0 saturated carbocycles. The topological polar surface area (TPSA) is 45.5 Å². The third kappa shape index (κ3) is 3.05. The highest BCUT2D eigenvalue weighted by molar-refractivity contribution is 5.66. The minimum absolute atomic E-state index is 0.921. The summed E-state index contributed by atoms with van der Waals surface area (Å²) in [5, 5.41) is 3.48. The van der Waals surface area contributed by atoms with E-state index in [0.717, 1.165) is 49.6 Å². The van der Waals surface area contributed by atoms with Crippen LogP contribution >= 0.6 is 0 Å². The predicted molar refractivity (Wildman–Crippen MR) is 95.9 cm³/mol. The summed E-state index contributed by atoms with van der Waals surface area (Å²) < 4.78 is 2.25. The lowest BCUT2D eigenvalue weighted by atomic mass is 10.1. The van der Waals surface area contributed by atoms with Gasteiger partial charge in [-0.3, -0.25) is 9.88 Å². The van der Waals surface area contributed by atoms with Crippen LogP contribution in [0.3, 0.4) is 0 Å². The molecule has 0 aromatic carbocycles. The number of aromatic nitrogens is 3. The zero-order chi connectivity index (χ0) is 16.4. The van der Waals surface area contributed by atoms with E-state index in [-0.39, 0.29) is 0 Å². The Kier molecular flexibility index (Phi) is 4.28. The Hall–Kier alpha value is -2.24. The second-order valence-corrected chi connectivity index (χ2v) is 6.46. The van der Waals surface area contributed by atoms with Crippen molar-refractivity contribution in [3.8, 4) is 11.3 Å². The van der Waals surface area contributed by atoms with Gasteiger partial charge >= 0.3 is 0 Å². The van der Waals surface area contributed by atoms with Crippen molar-refractivity contribution < 1.29 is 0 Å². The smallest absolute Gasteiger partial charge is 0.137 e. The Bertz CT molecular complexity index is 816. The first kappa shape index (κ1) is 15.3. The van der Waals surface area contributed by atoms with Crippen LogP contribution in [0.4, 0.5) is 0 Å². The van der Waals surface area contributed by atoms with Gasteiger partial charge in [-0.05, 0) is 50.2 Å². The van der Waals surface area contributed by atoms with Crippen molar-refractivity contribution >= 4 is 5.65 Å². The molecule has 0 radical (unpaired) electrons. The maximum Gasteiger partial charge on any atom is 0.137 e. The third-order valence-electron chi connectivity index (χ3n) is 4.63. The Morgan fingerprint density at radius 2 is 1.96 bits per heavy atom. The quantitative estimate of drug-likeness (QED) is 0.805. The standard InChI is InChI=1S/C19H23N5/c1-15-3-4-18-22-19(16-5-8-21-9-6-16)17(24(18)13-15)14-23-11-2-7-20-10-12-23/h3-6,8-9,13,20H,2,7,10-12,14H2,1H3. The maximum atomic E-state index is 4.91. The molecule has 5 heteroatoms. The molecular weight excluding hydrogens is 298 g/mol. The first-order valence-corrected chi connectivity index (χ1v) is 8.62. The molecule has 1 N–H and O–H groups in total. The third-order valence-corrected chi connectivity index (χ3v) is 4.63. The highest BCUT2D eigenvalue weighted by Gasteiger charge is 2.18. The van der Waals surface area contributed by atoms with Crippen molar-refractivity contribution in [2.45, 2.75) is 19.9 Å². The van der Waals surface area contributed by atoms with Crippen molar-refractivity contribution in [1.82, 2.24) is 24.6 Å². The second kappa shape index (κ2) is 6.71. The molecule has 5 nitrogen and oxygen atoms in total. The van der Waals surface area contributed by atoms with Gasteiger partial charge in [-0.1, -0.05) is 6.07 Å². The summed E-state index contributed by atoms with van der Waals surface area (Å²) in [6.07, 6.45) is 7.06. The van der Waals surface area contributed by atoms with Crippen LogP contribution in [0, 0.1) is 6.92 Å². The number of hydrogen-bond donors (Lipinski definition) is 1. The lowest BCUT2D eigenvalue weighted by Crippen LogP contribution is -2.28. The lowest BCUT2D eigenvalue weighted by Gasteiger charge is -2.20. The number of nitrogens with zero attached hydrogens (tertiary/aromatic N) is 4. The number of hydrogen-bond acceptors (Lipinski definition) is 4. The largest absolute Gasteiger partial charge is 0.315 e. The average Bonchev–Trinajstić information content (AvgIpc) is 2.78. The zero-order valence-corrected chi connectivity index (χ0v) is 14.1. The van der Waals surface area contributed by atoms with Crippen molar-refractivity contribution in [1.29, 1.82) is 0 Å². The molecule has 0 amide bonds. The van der Waals surface area contributed by atoms with Crippen molar-refractivity contribution in [2.75, 3.05) is 26.2 Å². The van der Waals surface area contributed by atoms with Crippen LogP contribution in [0.25, 0.3) is 16.9 Å². The van der Waals surface area contributed by atoms with E-state index in [9.17, 15) is 0 Å². The van der Waals surface area contributed by atoms with E-state index in [1.54, 1.807) is 0 Å². The van der Waals surface area contributed by atoms with E-state index in [2.05, 4.69) is 44.9 Å². The summed E-state index contributed by atoms with van der Waals surface area (Å²) >= 11 is 0. The zero-order valence-electron chi connectivity index (χ0n) is 14.1. The summed E-state index contributed by atoms with van der Waals surface area (Å²) in [6, 6.07) is 8.32. The number of rotatable bonds is 3. The van der Waals surface area contributed by atoms with Crippen LogP contribution < -0.4 is 5.32 Å². The summed E-state index contributed by atoms with van der Waals surface area (Å²) in [5.74, 6) is 0. The van der Waals surface area contributed by atoms with Crippen molar-refractivity contribution in [3.05, 3.63) is 54.1 Å². The number of nitrogens with one attached hydrogen (secondary N) is 1. The minimum Gasteiger partial charge on any atom is -0.315 e. The minimum atomic E-state index is 0.921. The van der Waals surface area contributed by atoms with Crippen molar-refractivity contribution in [2.24, 2.45) is 0 Å². The van der Waals surface area contributed by atoms with Crippen LogP contribution in [0.2, 0.25) is 0 Å². The maximum absolute atomic E-state index is 4.91. The molecule has 24 heavy (non-hydrogen) atoms. The molecule has 4 heterocycles. The fourth-order valence-corrected chi connectivity index (χ4v) is 3.36. The Balaban J connectivity index is 1.79. The fourth-order valence-electron chi connectivity index (χ4n) is 3.36. The van der Waals surface area contributed by atoms with E-state index in [4.69, 9.17) is 4.98 Å². The predicted octanol–water partition coefficient (Wildman–Crippen LogP) is 2.50. The first-order chi connectivity index (χ1) is 11.8. The van der Waals surface area contributed by atoms with Gasteiger partial charge in [-0.25, -0.2) is 4.98 Å². The lowest BCUT2D eigenvalue weighted by molar-refractivity contribution is 0.281. The van der Waals surface area contributed by atoms with Crippen LogP contribution in [0.1, 0.15) is 17.7 Å². The van der Waals surface area contributed by atoms with E-state index in [1.165, 1.54) is 17.7 Å². The van der Waals surface area contributed by atoms with E-state index < -0.39 is 0 Å². The number of aryl methyl sites for hydroxylation is 1. The molecule has 0 spiro atoms. The summed E-state index contributed by atoms with van der Waals surface area (Å²) in [6.45, 7) is 7.42. The molecule has 0 unspecified atom stereocenters. The summed E-state index contributed by atoms with van der Waals surface area (Å²) in [4.78, 5) is 11.6. The van der Waals surface area contributed by atoms with Gasteiger partial charge in [-0.2, -0.15) is 0 Å². The van der Waals surface area contributed by atoms with E-state index in [0.29, 0.717) is 0 Å². The SMILES string of the molecule is Cc1ccc2nc(-c3ccncc3)c(CN3CCCNCC3)n2c1. The van der Waals surface area contributed by atoms with Gasteiger partial charge < -0.3 is 9.72 Å². The fraction of sp³-hybridized carbons (Fsp3) is 0.368. The Labute approximate surface area is 142 Å². The van der Waals surface area contributed by atoms with Crippen LogP contribution in [-0.2, 0) is 6.54 Å². The van der Waals surface area contributed by atoms with E-state index in [1.807, 2.05) is 24.5 Å². The van der Waals surface area contributed by atoms with Crippen LogP contribution in [0.5, 0.6) is 0 Å². The number of fused-ring (bicyclic) bond motifs is 1. The van der Waals surface area contributed by atoms with Gasteiger partial charge in [-0.15, -0.1) is 0 Å². The highest BCUT2D eigenvalue weighted by atomic mass is 15.2. The molecule has 1 aliphatic rings. The molecule has 1 fully saturated rings. The van der Waals surface area contributed by atoms with Gasteiger partial charge in [0.1, 0.15) is 5.65 Å². The first-order valence-electron chi connectivity index (χ1n) is 8.62. The summed E-state index contributed by atoms with van der Waals surface area (Å²) in [5.41, 5.74) is 5.73. The molecule has 1 aliphatic heterocycles. The molecular formula is C19H23N5. The molecule has 0 bridgehead atoms. The summed E-state index contributed by atoms with van der Waals surface area (Å²) in [7, 11) is 0. The molecule has 0 atom stereocenters.